The second-order valence-electron chi connectivity index (χ2n) is 9.82. The first-order valence-corrected chi connectivity index (χ1v) is 14.1. The van der Waals surface area contributed by atoms with Crippen LogP contribution >= 0.6 is 0 Å². The Morgan fingerprint density at radius 1 is 1.14 bits per heavy atom. The summed E-state index contributed by atoms with van der Waals surface area (Å²) in [4.78, 5) is 17.2. The highest BCUT2D eigenvalue weighted by molar-refractivity contribution is 7.92. The lowest BCUT2D eigenvalue weighted by atomic mass is 9.85. The standard InChI is InChI=1S/C28H29N3O5S/c1-31(37(34,35)27-20(17-29)9-7-15-30-27)21-10-6-8-19(16-21)24(18-13-14-18)25-26(32)22-11-4-2-3-5-12-23(22)36-28(25)33/h6-10,15-16,18,24,32H,2-5,11-14H2,1H3. The largest absolute Gasteiger partial charge is 0.507 e. The van der Waals surface area contributed by atoms with E-state index < -0.39 is 21.6 Å². The maximum absolute atomic E-state index is 13.3. The maximum atomic E-state index is 13.3. The van der Waals surface area contributed by atoms with Gasteiger partial charge in [0.05, 0.1) is 16.8 Å². The molecule has 2 aliphatic carbocycles. The Balaban J connectivity index is 1.57. The monoisotopic (exact) mass is 519 g/mol. The Labute approximate surface area is 216 Å². The minimum Gasteiger partial charge on any atom is -0.507 e. The zero-order valence-corrected chi connectivity index (χ0v) is 21.5. The summed E-state index contributed by atoms with van der Waals surface area (Å²) in [5.41, 5.74) is 1.54. The normalized spacial score (nSPS) is 16.6. The zero-order chi connectivity index (χ0) is 26.2. The number of sulfonamides is 1. The smallest absolute Gasteiger partial charge is 0.343 e. The zero-order valence-electron chi connectivity index (χ0n) is 20.7. The lowest BCUT2D eigenvalue weighted by Gasteiger charge is -2.24. The quantitative estimate of drug-likeness (QED) is 0.503. The third-order valence-corrected chi connectivity index (χ3v) is 9.13. The van der Waals surface area contributed by atoms with Crippen molar-refractivity contribution in [3.05, 3.63) is 81.0 Å². The number of fused-ring (bicyclic) bond motifs is 1. The Morgan fingerprint density at radius 3 is 2.62 bits per heavy atom. The molecule has 1 fully saturated rings. The molecule has 2 aromatic heterocycles. The number of hydrogen-bond acceptors (Lipinski definition) is 7. The van der Waals surface area contributed by atoms with Crippen molar-refractivity contribution in [3.63, 3.8) is 0 Å². The van der Waals surface area contributed by atoms with Crippen molar-refractivity contribution in [1.29, 1.82) is 5.26 Å². The van der Waals surface area contributed by atoms with Crippen LogP contribution in [0.15, 0.2) is 56.8 Å². The molecule has 192 valence electrons. The summed E-state index contributed by atoms with van der Waals surface area (Å²) in [5.74, 6) is 0.360. The summed E-state index contributed by atoms with van der Waals surface area (Å²) < 4.78 is 33.6. The number of aromatic hydroxyl groups is 1. The molecular formula is C28H29N3O5S. The van der Waals surface area contributed by atoms with Gasteiger partial charge in [-0.1, -0.05) is 25.0 Å². The predicted octanol–water partition coefficient (Wildman–Crippen LogP) is 4.64. The van der Waals surface area contributed by atoms with Crippen LogP contribution in [0.1, 0.15) is 72.5 Å². The van der Waals surface area contributed by atoms with Gasteiger partial charge in [0.25, 0.3) is 10.0 Å². The number of aryl methyl sites for hydroxylation is 1. The Kier molecular flexibility index (Phi) is 6.78. The topological polar surface area (TPSA) is 124 Å². The van der Waals surface area contributed by atoms with Gasteiger partial charge in [0.1, 0.15) is 17.6 Å². The average molecular weight is 520 g/mol. The van der Waals surface area contributed by atoms with E-state index in [4.69, 9.17) is 4.42 Å². The first-order valence-electron chi connectivity index (χ1n) is 12.6. The highest BCUT2D eigenvalue weighted by Crippen LogP contribution is 2.49. The van der Waals surface area contributed by atoms with Crippen LogP contribution in [0.2, 0.25) is 0 Å². The fraction of sp³-hybridized carbons (Fsp3) is 0.393. The molecule has 1 atom stereocenters. The molecule has 0 amide bonds. The number of anilines is 1. The lowest BCUT2D eigenvalue weighted by Crippen LogP contribution is -2.28. The van der Waals surface area contributed by atoms with Crippen molar-refractivity contribution in [2.45, 2.75) is 62.3 Å². The Bertz CT molecular complexity index is 1540. The van der Waals surface area contributed by atoms with Crippen molar-refractivity contribution >= 4 is 15.7 Å². The molecule has 8 nitrogen and oxygen atoms in total. The number of rotatable bonds is 6. The van der Waals surface area contributed by atoms with E-state index in [1.165, 1.54) is 25.4 Å². The molecular weight excluding hydrogens is 490 g/mol. The number of nitrogens with zero attached hydrogens (tertiary/aromatic N) is 3. The number of aromatic nitrogens is 1. The van der Waals surface area contributed by atoms with Gasteiger partial charge in [-0.05, 0) is 67.9 Å². The van der Waals surface area contributed by atoms with Gasteiger partial charge in [-0.25, -0.2) is 9.78 Å². The van der Waals surface area contributed by atoms with Gasteiger partial charge in [-0.3, -0.25) is 4.31 Å². The molecule has 2 aliphatic rings. The van der Waals surface area contributed by atoms with Gasteiger partial charge in [-0.2, -0.15) is 13.7 Å². The van der Waals surface area contributed by atoms with Crippen LogP contribution in [-0.4, -0.2) is 25.6 Å². The molecule has 2 heterocycles. The van der Waals surface area contributed by atoms with E-state index in [2.05, 4.69) is 4.98 Å². The third-order valence-electron chi connectivity index (χ3n) is 7.39. The summed E-state index contributed by atoms with van der Waals surface area (Å²) >= 11 is 0. The van der Waals surface area contributed by atoms with Gasteiger partial charge in [0, 0.05) is 31.1 Å². The first-order chi connectivity index (χ1) is 17.8. The van der Waals surface area contributed by atoms with Crippen LogP contribution in [0.4, 0.5) is 5.69 Å². The van der Waals surface area contributed by atoms with E-state index in [0.29, 0.717) is 24.3 Å². The van der Waals surface area contributed by atoms with Crippen molar-refractivity contribution in [2.75, 3.05) is 11.4 Å². The van der Waals surface area contributed by atoms with Crippen LogP contribution in [0.3, 0.4) is 0 Å². The first kappa shape index (κ1) is 25.0. The number of pyridine rings is 1. The molecule has 5 rings (SSSR count). The van der Waals surface area contributed by atoms with Crippen LogP contribution < -0.4 is 9.93 Å². The van der Waals surface area contributed by atoms with Crippen molar-refractivity contribution in [2.24, 2.45) is 5.92 Å². The molecule has 0 saturated heterocycles. The van der Waals surface area contributed by atoms with Crippen LogP contribution in [-0.2, 0) is 22.9 Å². The number of nitriles is 1. The van der Waals surface area contributed by atoms with E-state index >= 15 is 0 Å². The van der Waals surface area contributed by atoms with Gasteiger partial charge < -0.3 is 9.52 Å². The summed E-state index contributed by atoms with van der Waals surface area (Å²) in [6.07, 6.45) is 8.45. The van der Waals surface area contributed by atoms with E-state index in [9.17, 15) is 23.6 Å². The Hall–Kier alpha value is -3.64. The molecule has 0 spiro atoms. The second kappa shape index (κ2) is 10.0. The lowest BCUT2D eigenvalue weighted by molar-refractivity contribution is 0.382. The van der Waals surface area contributed by atoms with E-state index in [1.54, 1.807) is 18.2 Å². The fourth-order valence-electron chi connectivity index (χ4n) is 5.26. The predicted molar refractivity (Wildman–Crippen MR) is 138 cm³/mol. The minimum absolute atomic E-state index is 0.0311. The van der Waals surface area contributed by atoms with Crippen molar-refractivity contribution in [1.82, 2.24) is 4.98 Å². The van der Waals surface area contributed by atoms with Gasteiger partial charge >= 0.3 is 5.63 Å². The summed E-state index contributed by atoms with van der Waals surface area (Å²) in [6, 6.07) is 11.8. The number of hydrogen-bond donors (Lipinski definition) is 1. The summed E-state index contributed by atoms with van der Waals surface area (Å²) in [5, 5.41) is 20.4. The van der Waals surface area contributed by atoms with E-state index in [0.717, 1.165) is 54.0 Å². The van der Waals surface area contributed by atoms with Gasteiger partial charge in [0.15, 0.2) is 5.03 Å². The van der Waals surface area contributed by atoms with Crippen molar-refractivity contribution < 1.29 is 17.9 Å². The molecule has 1 aromatic carbocycles. The molecule has 0 bridgehead atoms. The third kappa shape index (κ3) is 4.74. The molecule has 1 N–H and O–H groups in total. The average Bonchev–Trinajstić information content (AvgIpc) is 3.72. The van der Waals surface area contributed by atoms with E-state index in [-0.39, 0.29) is 27.8 Å². The summed E-state index contributed by atoms with van der Waals surface area (Å²) in [7, 11) is -2.70. The SMILES string of the molecule is CN(c1cccc(C(c2c(O)c3c(oc2=O)CCCCCC3)C2CC2)c1)S(=O)(=O)c1ncccc1C#N. The summed E-state index contributed by atoms with van der Waals surface area (Å²) in [6.45, 7) is 0. The molecule has 0 radical (unpaired) electrons. The van der Waals surface area contributed by atoms with Crippen LogP contribution in [0, 0.1) is 17.2 Å². The van der Waals surface area contributed by atoms with Crippen molar-refractivity contribution in [3.8, 4) is 11.8 Å². The fourth-order valence-corrected chi connectivity index (χ4v) is 6.50. The Morgan fingerprint density at radius 2 is 1.89 bits per heavy atom. The maximum Gasteiger partial charge on any atom is 0.343 e. The highest BCUT2D eigenvalue weighted by Gasteiger charge is 2.39. The van der Waals surface area contributed by atoms with Gasteiger partial charge in [-0.15, -0.1) is 0 Å². The highest BCUT2D eigenvalue weighted by atomic mass is 32.2. The minimum atomic E-state index is -4.11. The second-order valence-corrected chi connectivity index (χ2v) is 11.7. The van der Waals surface area contributed by atoms with Crippen LogP contribution in [0.25, 0.3) is 0 Å². The molecule has 9 heteroatoms. The molecule has 1 saturated carbocycles. The molecule has 0 aliphatic heterocycles. The van der Waals surface area contributed by atoms with Crippen LogP contribution in [0.5, 0.6) is 5.75 Å². The number of benzene rings is 1. The molecule has 37 heavy (non-hydrogen) atoms. The van der Waals surface area contributed by atoms with Gasteiger partial charge in [0.2, 0.25) is 0 Å². The van der Waals surface area contributed by atoms with E-state index in [1.807, 2.05) is 12.1 Å². The molecule has 3 aromatic rings. The molecule has 1 unspecified atom stereocenters.